The molecule has 128 valence electrons. The van der Waals surface area contributed by atoms with E-state index in [0.717, 1.165) is 31.6 Å². The zero-order valence-electron chi connectivity index (χ0n) is 14.0. The van der Waals surface area contributed by atoms with Crippen molar-refractivity contribution >= 4 is 11.8 Å². The summed E-state index contributed by atoms with van der Waals surface area (Å²) in [5.74, 6) is 1.09. The summed E-state index contributed by atoms with van der Waals surface area (Å²) in [5, 5.41) is 15.9. The maximum Gasteiger partial charge on any atom is 0.243 e. The van der Waals surface area contributed by atoms with Crippen molar-refractivity contribution in [2.45, 2.75) is 38.6 Å². The van der Waals surface area contributed by atoms with Gasteiger partial charge < -0.3 is 9.63 Å². The number of aryl methyl sites for hydroxylation is 1. The molecule has 1 amide bonds. The number of hydrogen-bond donors (Lipinski definition) is 2. The van der Waals surface area contributed by atoms with Crippen LogP contribution in [0.25, 0.3) is 0 Å². The minimum atomic E-state index is -0.212. The van der Waals surface area contributed by atoms with Gasteiger partial charge >= 0.3 is 0 Å². The van der Waals surface area contributed by atoms with Crippen molar-refractivity contribution in [3.05, 3.63) is 41.6 Å². The van der Waals surface area contributed by atoms with Crippen molar-refractivity contribution in [2.75, 3.05) is 18.4 Å². The minimum absolute atomic E-state index is 0.0748. The van der Waals surface area contributed by atoms with Crippen LogP contribution in [0.4, 0.5) is 5.88 Å². The first-order valence-corrected chi connectivity index (χ1v) is 8.30. The SMILES string of the molecule is Cc1cc(NC(=O)[C@@H](C)N2CCC(c3ccc(O)cc3)CC2)on1. The van der Waals surface area contributed by atoms with Crippen LogP contribution in [0.5, 0.6) is 5.75 Å². The molecule has 2 N–H and O–H groups in total. The standard InChI is InChI=1S/C18H23N3O3/c1-12-11-17(24-20-12)19-18(23)13(2)21-9-7-15(8-10-21)14-3-5-16(22)6-4-14/h3-6,11,13,15,22H,7-10H2,1-2H3,(H,19,23)/t13-/m1/s1. The molecule has 3 rings (SSSR count). The number of aromatic hydroxyl groups is 1. The third kappa shape index (κ3) is 3.76. The second-order valence-electron chi connectivity index (χ2n) is 6.40. The molecule has 24 heavy (non-hydrogen) atoms. The number of likely N-dealkylation sites (tertiary alicyclic amines) is 1. The second-order valence-corrected chi connectivity index (χ2v) is 6.40. The number of piperidine rings is 1. The molecule has 6 heteroatoms. The number of carbonyl (C=O) groups is 1. The Morgan fingerprint density at radius 2 is 2.00 bits per heavy atom. The molecule has 1 fully saturated rings. The minimum Gasteiger partial charge on any atom is -0.508 e. The summed E-state index contributed by atoms with van der Waals surface area (Å²) in [6.07, 6.45) is 2.01. The number of aromatic nitrogens is 1. The molecule has 1 saturated heterocycles. The Kier molecular flexibility index (Phi) is 4.85. The number of nitrogens with zero attached hydrogens (tertiary/aromatic N) is 2. The fourth-order valence-electron chi connectivity index (χ4n) is 3.18. The molecule has 2 aromatic rings. The number of benzene rings is 1. The van der Waals surface area contributed by atoms with Gasteiger partial charge in [0, 0.05) is 6.07 Å². The molecule has 0 spiro atoms. The van der Waals surface area contributed by atoms with Crippen LogP contribution in [0.3, 0.4) is 0 Å². The third-order valence-electron chi connectivity index (χ3n) is 4.70. The van der Waals surface area contributed by atoms with E-state index in [2.05, 4.69) is 15.4 Å². The predicted molar refractivity (Wildman–Crippen MR) is 91.0 cm³/mol. The molecule has 1 atom stereocenters. The van der Waals surface area contributed by atoms with Crippen LogP contribution in [-0.4, -0.2) is 40.2 Å². The summed E-state index contributed by atoms with van der Waals surface area (Å²) in [5.41, 5.74) is 1.99. The Morgan fingerprint density at radius 1 is 1.33 bits per heavy atom. The number of phenolic OH excluding ortho intramolecular Hbond substituents is 1. The lowest BCUT2D eigenvalue weighted by molar-refractivity contribution is -0.121. The van der Waals surface area contributed by atoms with E-state index in [0.29, 0.717) is 17.6 Å². The van der Waals surface area contributed by atoms with E-state index in [9.17, 15) is 9.90 Å². The van der Waals surface area contributed by atoms with Gasteiger partial charge in [-0.2, -0.15) is 0 Å². The molecule has 1 aliphatic heterocycles. The van der Waals surface area contributed by atoms with Crippen LogP contribution >= 0.6 is 0 Å². The van der Waals surface area contributed by atoms with Crippen LogP contribution in [0, 0.1) is 6.92 Å². The van der Waals surface area contributed by atoms with Crippen molar-refractivity contribution in [3.63, 3.8) is 0 Å². The molecule has 1 aromatic carbocycles. The van der Waals surface area contributed by atoms with Gasteiger partial charge in [-0.15, -0.1) is 0 Å². The molecule has 0 unspecified atom stereocenters. The van der Waals surface area contributed by atoms with Gasteiger partial charge in [-0.1, -0.05) is 17.3 Å². The molecular formula is C18H23N3O3. The monoisotopic (exact) mass is 329 g/mol. The van der Waals surface area contributed by atoms with E-state index in [1.54, 1.807) is 18.2 Å². The fourth-order valence-corrected chi connectivity index (χ4v) is 3.18. The Labute approximate surface area is 141 Å². The molecule has 2 heterocycles. The maximum atomic E-state index is 12.3. The number of phenols is 1. The van der Waals surface area contributed by atoms with Crippen LogP contribution in [0.2, 0.25) is 0 Å². The lowest BCUT2D eigenvalue weighted by atomic mass is 9.89. The van der Waals surface area contributed by atoms with Gasteiger partial charge in [-0.25, -0.2) is 0 Å². The van der Waals surface area contributed by atoms with Gasteiger partial charge in [0.15, 0.2) is 0 Å². The molecule has 0 saturated carbocycles. The van der Waals surface area contributed by atoms with Crippen LogP contribution in [-0.2, 0) is 4.79 Å². The van der Waals surface area contributed by atoms with E-state index in [1.165, 1.54) is 5.56 Å². The highest BCUT2D eigenvalue weighted by molar-refractivity contribution is 5.93. The summed E-state index contributed by atoms with van der Waals surface area (Å²) >= 11 is 0. The van der Waals surface area contributed by atoms with Crippen LogP contribution < -0.4 is 5.32 Å². The van der Waals surface area contributed by atoms with Crippen molar-refractivity contribution in [1.82, 2.24) is 10.1 Å². The van der Waals surface area contributed by atoms with Crippen molar-refractivity contribution in [3.8, 4) is 5.75 Å². The highest BCUT2D eigenvalue weighted by Gasteiger charge is 2.27. The number of anilines is 1. The third-order valence-corrected chi connectivity index (χ3v) is 4.70. The smallest absolute Gasteiger partial charge is 0.243 e. The number of carbonyl (C=O) groups excluding carboxylic acids is 1. The van der Waals surface area contributed by atoms with Gasteiger partial charge in [-0.3, -0.25) is 15.0 Å². The van der Waals surface area contributed by atoms with E-state index in [1.807, 2.05) is 26.0 Å². The number of hydrogen-bond acceptors (Lipinski definition) is 5. The molecule has 1 aliphatic rings. The van der Waals surface area contributed by atoms with Crippen molar-refractivity contribution in [1.29, 1.82) is 0 Å². The predicted octanol–water partition coefficient (Wildman–Crippen LogP) is 2.90. The van der Waals surface area contributed by atoms with Gasteiger partial charge in [0.25, 0.3) is 0 Å². The first-order valence-electron chi connectivity index (χ1n) is 8.30. The molecule has 0 radical (unpaired) electrons. The first kappa shape index (κ1) is 16.5. The van der Waals surface area contributed by atoms with Gasteiger partial charge in [0.1, 0.15) is 5.75 Å². The summed E-state index contributed by atoms with van der Waals surface area (Å²) in [6.45, 7) is 5.47. The second kappa shape index (κ2) is 7.05. The van der Waals surface area contributed by atoms with Gasteiger partial charge in [0.2, 0.25) is 11.8 Å². The molecule has 0 bridgehead atoms. The Hall–Kier alpha value is -2.34. The van der Waals surface area contributed by atoms with E-state index < -0.39 is 0 Å². The molecule has 1 aromatic heterocycles. The summed E-state index contributed by atoms with van der Waals surface area (Å²) < 4.78 is 5.04. The zero-order valence-corrected chi connectivity index (χ0v) is 14.0. The quantitative estimate of drug-likeness (QED) is 0.902. The molecule has 6 nitrogen and oxygen atoms in total. The Bertz CT molecular complexity index is 688. The normalized spacial score (nSPS) is 17.6. The Morgan fingerprint density at radius 3 is 2.58 bits per heavy atom. The van der Waals surface area contributed by atoms with E-state index in [4.69, 9.17) is 4.52 Å². The summed E-state index contributed by atoms with van der Waals surface area (Å²) in [7, 11) is 0. The highest BCUT2D eigenvalue weighted by Crippen LogP contribution is 2.29. The summed E-state index contributed by atoms with van der Waals surface area (Å²) in [4.78, 5) is 14.5. The topological polar surface area (TPSA) is 78.6 Å². The highest BCUT2D eigenvalue weighted by atomic mass is 16.5. The van der Waals surface area contributed by atoms with Gasteiger partial charge in [0.05, 0.1) is 11.7 Å². The van der Waals surface area contributed by atoms with Crippen LogP contribution in [0.15, 0.2) is 34.9 Å². The lowest BCUT2D eigenvalue weighted by Gasteiger charge is -2.35. The number of amides is 1. The number of nitrogens with one attached hydrogen (secondary N) is 1. The maximum absolute atomic E-state index is 12.3. The molecule has 0 aliphatic carbocycles. The zero-order chi connectivity index (χ0) is 17.1. The number of rotatable bonds is 4. The fraction of sp³-hybridized carbons (Fsp3) is 0.444. The average Bonchev–Trinajstić information content (AvgIpc) is 3.00. The lowest BCUT2D eigenvalue weighted by Crippen LogP contribution is -2.45. The Balaban J connectivity index is 1.53. The van der Waals surface area contributed by atoms with E-state index >= 15 is 0 Å². The van der Waals surface area contributed by atoms with Crippen molar-refractivity contribution < 1.29 is 14.4 Å². The molecular weight excluding hydrogens is 306 g/mol. The van der Waals surface area contributed by atoms with Crippen molar-refractivity contribution in [2.24, 2.45) is 0 Å². The van der Waals surface area contributed by atoms with Crippen LogP contribution in [0.1, 0.15) is 36.9 Å². The average molecular weight is 329 g/mol. The first-order chi connectivity index (χ1) is 11.5. The van der Waals surface area contributed by atoms with Gasteiger partial charge in [-0.05, 0) is 63.4 Å². The largest absolute Gasteiger partial charge is 0.508 e. The van der Waals surface area contributed by atoms with E-state index in [-0.39, 0.29) is 11.9 Å². The summed E-state index contributed by atoms with van der Waals surface area (Å²) in [6, 6.07) is 8.93.